The number of rotatable bonds is 2. The molecule has 1 aliphatic rings. The fourth-order valence-corrected chi connectivity index (χ4v) is 3.59. The van der Waals surface area contributed by atoms with Gasteiger partial charge in [0.1, 0.15) is 0 Å². The van der Waals surface area contributed by atoms with Gasteiger partial charge in [-0.05, 0) is 59.6 Å². The molecule has 0 bridgehead atoms. The van der Waals surface area contributed by atoms with E-state index >= 15 is 0 Å². The van der Waals surface area contributed by atoms with Gasteiger partial charge < -0.3 is 4.90 Å². The van der Waals surface area contributed by atoms with Crippen molar-refractivity contribution < 1.29 is 13.2 Å². The van der Waals surface area contributed by atoms with E-state index in [-0.39, 0.29) is 5.41 Å². The predicted molar refractivity (Wildman–Crippen MR) is 101 cm³/mol. The zero-order valence-electron chi connectivity index (χ0n) is 15.6. The van der Waals surface area contributed by atoms with E-state index in [2.05, 4.69) is 49.9 Å². The topological polar surface area (TPSA) is 3.24 Å². The Kier molecular flexibility index (Phi) is 5.05. The van der Waals surface area contributed by atoms with E-state index < -0.39 is 11.7 Å². The zero-order valence-corrected chi connectivity index (χ0v) is 15.6. The second-order valence-electron chi connectivity index (χ2n) is 8.18. The molecule has 4 heteroatoms. The molecule has 0 aromatic heterocycles. The van der Waals surface area contributed by atoms with Crippen LogP contribution in [-0.4, -0.2) is 13.1 Å². The fourth-order valence-electron chi connectivity index (χ4n) is 3.59. The van der Waals surface area contributed by atoms with E-state index in [0.29, 0.717) is 5.92 Å². The van der Waals surface area contributed by atoms with Crippen LogP contribution in [0.25, 0.3) is 0 Å². The number of benzene rings is 2. The first-order valence-corrected chi connectivity index (χ1v) is 9.17. The Bertz CT molecular complexity index is 650. The summed E-state index contributed by atoms with van der Waals surface area (Å²) in [7, 11) is 0. The Hall–Kier alpha value is -1.97. The number of hydrogen-bond donors (Lipinski definition) is 0. The number of nitrogens with zero attached hydrogens (tertiary/aromatic N) is 1. The van der Waals surface area contributed by atoms with E-state index in [1.165, 1.54) is 23.4 Å². The molecule has 0 saturated carbocycles. The molecule has 0 radical (unpaired) electrons. The molecule has 0 amide bonds. The quantitative estimate of drug-likeness (QED) is 0.599. The molecule has 140 valence electrons. The minimum atomic E-state index is -4.26. The maximum absolute atomic E-state index is 12.7. The number of halogens is 3. The van der Waals surface area contributed by atoms with E-state index in [1.54, 1.807) is 12.1 Å². The van der Waals surface area contributed by atoms with Gasteiger partial charge in [0.25, 0.3) is 0 Å². The molecule has 0 N–H and O–H groups in total. The summed E-state index contributed by atoms with van der Waals surface area (Å²) in [5.74, 6) is 0.336. The van der Waals surface area contributed by atoms with Gasteiger partial charge in [-0.2, -0.15) is 13.2 Å². The van der Waals surface area contributed by atoms with E-state index in [4.69, 9.17) is 0 Å². The molecule has 1 fully saturated rings. The van der Waals surface area contributed by atoms with Gasteiger partial charge in [-0.1, -0.05) is 45.0 Å². The monoisotopic (exact) mass is 361 g/mol. The average molecular weight is 361 g/mol. The fraction of sp³-hybridized carbons (Fsp3) is 0.455. The normalized spacial score (nSPS) is 16.8. The summed E-state index contributed by atoms with van der Waals surface area (Å²) in [6.07, 6.45) is -2.33. The van der Waals surface area contributed by atoms with Crippen LogP contribution in [0.15, 0.2) is 48.5 Å². The molecule has 2 aromatic rings. The lowest BCUT2D eigenvalue weighted by molar-refractivity contribution is -0.137. The zero-order chi connectivity index (χ0) is 18.9. The third-order valence-corrected chi connectivity index (χ3v) is 5.30. The molecular formula is C22H26F3N. The van der Waals surface area contributed by atoms with Crippen molar-refractivity contribution >= 4 is 5.69 Å². The smallest absolute Gasteiger partial charge is 0.371 e. The van der Waals surface area contributed by atoms with Gasteiger partial charge in [0.2, 0.25) is 0 Å². The third-order valence-electron chi connectivity index (χ3n) is 5.30. The Morgan fingerprint density at radius 2 is 1.27 bits per heavy atom. The van der Waals surface area contributed by atoms with Crippen molar-refractivity contribution in [3.63, 3.8) is 0 Å². The van der Waals surface area contributed by atoms with Crippen LogP contribution in [-0.2, 0) is 11.6 Å². The number of piperidine rings is 1. The van der Waals surface area contributed by atoms with Crippen LogP contribution in [0.4, 0.5) is 18.9 Å². The molecule has 3 rings (SSSR count). The first kappa shape index (κ1) is 18.8. The highest BCUT2D eigenvalue weighted by atomic mass is 19.4. The van der Waals surface area contributed by atoms with Gasteiger partial charge in [0.05, 0.1) is 5.56 Å². The van der Waals surface area contributed by atoms with Crippen LogP contribution in [0.2, 0.25) is 0 Å². The maximum Gasteiger partial charge on any atom is 0.416 e. The molecule has 0 atom stereocenters. The Morgan fingerprint density at radius 1 is 0.769 bits per heavy atom. The van der Waals surface area contributed by atoms with Crippen LogP contribution in [0, 0.1) is 0 Å². The lowest BCUT2D eigenvalue weighted by atomic mass is 9.86. The standard InChI is InChI=1S/C22H26F3N/c1-21(2,3)18-8-10-20(11-9-18)26-14-12-17(13-15-26)16-4-6-19(7-5-16)22(23,24)25/h4-11,17H,12-15H2,1-3H3. The highest BCUT2D eigenvalue weighted by Crippen LogP contribution is 2.34. The van der Waals surface area contributed by atoms with Crippen molar-refractivity contribution in [3.8, 4) is 0 Å². The summed E-state index contributed by atoms with van der Waals surface area (Å²) in [6.45, 7) is 8.48. The van der Waals surface area contributed by atoms with Crippen molar-refractivity contribution in [3.05, 3.63) is 65.2 Å². The maximum atomic E-state index is 12.7. The first-order valence-electron chi connectivity index (χ1n) is 9.17. The average Bonchev–Trinajstić information content (AvgIpc) is 2.61. The summed E-state index contributed by atoms with van der Waals surface area (Å²) in [5.41, 5.74) is 3.14. The van der Waals surface area contributed by atoms with Gasteiger partial charge >= 0.3 is 6.18 Å². The molecule has 1 saturated heterocycles. The van der Waals surface area contributed by atoms with E-state index in [0.717, 1.165) is 31.5 Å². The van der Waals surface area contributed by atoms with Gasteiger partial charge in [-0.3, -0.25) is 0 Å². The van der Waals surface area contributed by atoms with E-state index in [9.17, 15) is 13.2 Å². The van der Waals surface area contributed by atoms with Gasteiger partial charge in [-0.25, -0.2) is 0 Å². The highest BCUT2D eigenvalue weighted by molar-refractivity contribution is 5.49. The second kappa shape index (κ2) is 6.98. The number of alkyl halides is 3. The van der Waals surface area contributed by atoms with Crippen LogP contribution in [0.1, 0.15) is 56.2 Å². The van der Waals surface area contributed by atoms with Crippen LogP contribution >= 0.6 is 0 Å². The molecule has 0 unspecified atom stereocenters. The van der Waals surface area contributed by atoms with E-state index in [1.807, 2.05) is 0 Å². The molecule has 1 aliphatic heterocycles. The summed E-state index contributed by atoms with van der Waals surface area (Å²) < 4.78 is 38.1. The van der Waals surface area contributed by atoms with Crippen LogP contribution in [0.5, 0.6) is 0 Å². The van der Waals surface area contributed by atoms with Crippen molar-refractivity contribution in [1.82, 2.24) is 0 Å². The molecular weight excluding hydrogens is 335 g/mol. The number of anilines is 1. The van der Waals surface area contributed by atoms with Crippen LogP contribution in [0.3, 0.4) is 0 Å². The second-order valence-corrected chi connectivity index (χ2v) is 8.18. The Labute approximate surface area is 153 Å². The minimum absolute atomic E-state index is 0.147. The van der Waals surface area contributed by atoms with Crippen LogP contribution < -0.4 is 4.90 Å². The molecule has 1 heterocycles. The van der Waals surface area contributed by atoms with Crippen molar-refractivity contribution in [2.24, 2.45) is 0 Å². The first-order chi connectivity index (χ1) is 12.1. The van der Waals surface area contributed by atoms with Gasteiger partial charge in [0, 0.05) is 18.8 Å². The van der Waals surface area contributed by atoms with Crippen molar-refractivity contribution in [2.45, 2.75) is 51.1 Å². The molecule has 0 spiro atoms. The SMILES string of the molecule is CC(C)(C)c1ccc(N2CCC(c3ccc(C(F)(F)F)cc3)CC2)cc1. The van der Waals surface area contributed by atoms with Gasteiger partial charge in [0.15, 0.2) is 0 Å². The lowest BCUT2D eigenvalue weighted by Crippen LogP contribution is -2.32. The summed E-state index contributed by atoms with van der Waals surface area (Å²) in [6, 6.07) is 14.4. The minimum Gasteiger partial charge on any atom is -0.371 e. The summed E-state index contributed by atoms with van der Waals surface area (Å²) >= 11 is 0. The molecule has 2 aromatic carbocycles. The lowest BCUT2D eigenvalue weighted by Gasteiger charge is -2.34. The number of hydrogen-bond acceptors (Lipinski definition) is 1. The largest absolute Gasteiger partial charge is 0.416 e. The molecule has 1 nitrogen and oxygen atoms in total. The van der Waals surface area contributed by atoms with Crippen molar-refractivity contribution in [2.75, 3.05) is 18.0 Å². The molecule has 0 aliphatic carbocycles. The molecule has 26 heavy (non-hydrogen) atoms. The highest BCUT2D eigenvalue weighted by Gasteiger charge is 2.30. The van der Waals surface area contributed by atoms with Gasteiger partial charge in [-0.15, -0.1) is 0 Å². The third kappa shape index (κ3) is 4.22. The predicted octanol–water partition coefficient (Wildman–Crippen LogP) is 6.39. The summed E-state index contributed by atoms with van der Waals surface area (Å²) in [5, 5.41) is 0. The Balaban J connectivity index is 1.62. The Morgan fingerprint density at radius 3 is 1.73 bits per heavy atom. The summed E-state index contributed by atoms with van der Waals surface area (Å²) in [4.78, 5) is 2.37. The van der Waals surface area contributed by atoms with Crippen molar-refractivity contribution in [1.29, 1.82) is 0 Å².